The minimum absolute atomic E-state index is 0.194. The van der Waals surface area contributed by atoms with Crippen molar-refractivity contribution < 1.29 is 23.8 Å². The molecule has 180 valence electrons. The lowest BCUT2D eigenvalue weighted by molar-refractivity contribution is -0.152. The standard InChI is InChI=1S/C25H35N3O5/c1-16(2)13-28-18(4)21(17(3)26-28)7-8-25(30)33-15-24(29)27-10-9-19-11-22(31-5)23(32-6)12-20(19)14-27/h11-12,16H,7-10,13-15H2,1-6H3. The maximum absolute atomic E-state index is 12.7. The van der Waals surface area contributed by atoms with E-state index in [0.29, 0.717) is 43.3 Å². The van der Waals surface area contributed by atoms with Crippen LogP contribution >= 0.6 is 0 Å². The first-order chi connectivity index (χ1) is 15.7. The predicted molar refractivity (Wildman–Crippen MR) is 124 cm³/mol. The minimum atomic E-state index is -0.373. The summed E-state index contributed by atoms with van der Waals surface area (Å²) < 4.78 is 18.0. The first kappa shape index (κ1) is 24.6. The summed E-state index contributed by atoms with van der Waals surface area (Å²) in [5, 5.41) is 4.59. The molecule has 33 heavy (non-hydrogen) atoms. The summed E-state index contributed by atoms with van der Waals surface area (Å²) in [5.74, 6) is 1.25. The zero-order valence-electron chi connectivity index (χ0n) is 20.6. The molecule has 0 unspecified atom stereocenters. The molecule has 0 aliphatic carbocycles. The van der Waals surface area contributed by atoms with Crippen molar-refractivity contribution in [2.75, 3.05) is 27.4 Å². The third kappa shape index (κ3) is 5.86. The summed E-state index contributed by atoms with van der Waals surface area (Å²) in [6.45, 7) is 9.94. The number of methoxy groups -OCH3 is 2. The zero-order valence-corrected chi connectivity index (χ0v) is 20.6. The fraction of sp³-hybridized carbons (Fsp3) is 0.560. The Morgan fingerprint density at radius 3 is 2.39 bits per heavy atom. The molecule has 0 saturated heterocycles. The molecule has 1 aliphatic heterocycles. The van der Waals surface area contributed by atoms with Crippen LogP contribution in [0.15, 0.2) is 12.1 Å². The van der Waals surface area contributed by atoms with Crippen molar-refractivity contribution in [3.8, 4) is 11.5 Å². The normalized spacial score (nSPS) is 13.1. The molecule has 0 spiro atoms. The van der Waals surface area contributed by atoms with Crippen LogP contribution in [-0.2, 0) is 40.3 Å². The lowest BCUT2D eigenvalue weighted by Crippen LogP contribution is -2.38. The van der Waals surface area contributed by atoms with E-state index in [2.05, 4.69) is 18.9 Å². The molecule has 1 aromatic carbocycles. The van der Waals surface area contributed by atoms with Gasteiger partial charge in [0.25, 0.3) is 5.91 Å². The Morgan fingerprint density at radius 1 is 1.09 bits per heavy atom. The van der Waals surface area contributed by atoms with E-state index in [4.69, 9.17) is 14.2 Å². The van der Waals surface area contributed by atoms with E-state index in [1.165, 1.54) is 0 Å². The van der Waals surface area contributed by atoms with Crippen molar-refractivity contribution in [2.24, 2.45) is 5.92 Å². The number of aryl methyl sites for hydroxylation is 1. The largest absolute Gasteiger partial charge is 0.493 e. The summed E-state index contributed by atoms with van der Waals surface area (Å²) in [6, 6.07) is 3.87. The number of hydrogen-bond donors (Lipinski definition) is 0. The molecule has 2 heterocycles. The smallest absolute Gasteiger partial charge is 0.306 e. The van der Waals surface area contributed by atoms with E-state index in [1.54, 1.807) is 19.1 Å². The number of ether oxygens (including phenoxy) is 3. The van der Waals surface area contributed by atoms with Gasteiger partial charge in [-0.1, -0.05) is 13.8 Å². The number of carbonyl (C=O) groups excluding carboxylic acids is 2. The number of aromatic nitrogens is 2. The average Bonchev–Trinajstić information content (AvgIpc) is 3.05. The van der Waals surface area contributed by atoms with Crippen LogP contribution in [-0.4, -0.2) is 53.9 Å². The molecule has 0 saturated carbocycles. The van der Waals surface area contributed by atoms with Gasteiger partial charge in [0.05, 0.1) is 19.9 Å². The number of amides is 1. The van der Waals surface area contributed by atoms with E-state index < -0.39 is 0 Å². The molecule has 0 radical (unpaired) electrons. The highest BCUT2D eigenvalue weighted by molar-refractivity contribution is 5.81. The van der Waals surface area contributed by atoms with E-state index in [9.17, 15) is 9.59 Å². The van der Waals surface area contributed by atoms with Crippen molar-refractivity contribution in [2.45, 2.75) is 60.0 Å². The maximum Gasteiger partial charge on any atom is 0.306 e. The SMILES string of the molecule is COc1cc2c(cc1OC)CN(C(=O)COC(=O)CCc1c(C)nn(CC(C)C)c1C)CC2. The van der Waals surface area contributed by atoms with Crippen molar-refractivity contribution in [1.82, 2.24) is 14.7 Å². The second-order valence-corrected chi connectivity index (χ2v) is 8.93. The second-order valence-electron chi connectivity index (χ2n) is 8.93. The van der Waals surface area contributed by atoms with Gasteiger partial charge < -0.3 is 19.1 Å². The zero-order chi connectivity index (χ0) is 24.1. The van der Waals surface area contributed by atoms with E-state index in [1.807, 2.05) is 30.7 Å². The van der Waals surface area contributed by atoms with Crippen molar-refractivity contribution in [1.29, 1.82) is 0 Å². The fourth-order valence-corrected chi connectivity index (χ4v) is 4.25. The van der Waals surface area contributed by atoms with Gasteiger partial charge in [-0.25, -0.2) is 0 Å². The first-order valence-electron chi connectivity index (χ1n) is 11.4. The molecular formula is C25H35N3O5. The summed E-state index contributed by atoms with van der Waals surface area (Å²) in [7, 11) is 3.20. The van der Waals surface area contributed by atoms with Crippen LogP contribution < -0.4 is 9.47 Å². The lowest BCUT2D eigenvalue weighted by Gasteiger charge is -2.29. The van der Waals surface area contributed by atoms with E-state index in [0.717, 1.165) is 34.6 Å². The van der Waals surface area contributed by atoms with Gasteiger partial charge in [0, 0.05) is 31.7 Å². The number of benzene rings is 1. The molecule has 0 fully saturated rings. The van der Waals surface area contributed by atoms with Gasteiger partial charge in [-0.2, -0.15) is 5.10 Å². The first-order valence-corrected chi connectivity index (χ1v) is 11.4. The highest BCUT2D eigenvalue weighted by Crippen LogP contribution is 2.33. The molecule has 0 N–H and O–H groups in total. The Bertz CT molecular complexity index is 1010. The van der Waals surface area contributed by atoms with Crippen LogP contribution in [0.25, 0.3) is 0 Å². The molecule has 8 nitrogen and oxygen atoms in total. The van der Waals surface area contributed by atoms with Crippen molar-refractivity contribution in [3.05, 3.63) is 40.2 Å². The molecule has 2 aromatic rings. The van der Waals surface area contributed by atoms with Crippen LogP contribution in [0.5, 0.6) is 11.5 Å². The van der Waals surface area contributed by atoms with Gasteiger partial charge in [0.1, 0.15) is 0 Å². The second kappa shape index (κ2) is 10.7. The van der Waals surface area contributed by atoms with Gasteiger partial charge in [-0.3, -0.25) is 14.3 Å². The minimum Gasteiger partial charge on any atom is -0.493 e. The van der Waals surface area contributed by atoms with Crippen LogP contribution in [0.2, 0.25) is 0 Å². The maximum atomic E-state index is 12.7. The predicted octanol–water partition coefficient (Wildman–Crippen LogP) is 3.23. The molecule has 3 rings (SSSR count). The van der Waals surface area contributed by atoms with Crippen LogP contribution in [0.4, 0.5) is 0 Å². The van der Waals surface area contributed by atoms with Gasteiger partial charge >= 0.3 is 5.97 Å². The van der Waals surface area contributed by atoms with E-state index >= 15 is 0 Å². The van der Waals surface area contributed by atoms with Crippen LogP contribution in [0.1, 0.15) is 48.3 Å². The molecule has 0 bridgehead atoms. The number of nitrogens with zero attached hydrogens (tertiary/aromatic N) is 3. The Kier molecular flexibility index (Phi) is 8.00. The van der Waals surface area contributed by atoms with Gasteiger partial charge in [0.15, 0.2) is 18.1 Å². The monoisotopic (exact) mass is 457 g/mol. The number of carbonyl (C=O) groups is 2. The average molecular weight is 458 g/mol. The summed E-state index contributed by atoms with van der Waals surface area (Å²) >= 11 is 0. The Hall–Kier alpha value is -3.03. The van der Waals surface area contributed by atoms with Crippen molar-refractivity contribution >= 4 is 11.9 Å². The third-order valence-corrected chi connectivity index (χ3v) is 6.08. The lowest BCUT2D eigenvalue weighted by atomic mass is 9.99. The Morgan fingerprint density at radius 2 is 1.76 bits per heavy atom. The van der Waals surface area contributed by atoms with Gasteiger partial charge in [0.2, 0.25) is 0 Å². The Balaban J connectivity index is 1.51. The van der Waals surface area contributed by atoms with Gasteiger partial charge in [-0.05, 0) is 61.4 Å². The molecule has 0 atom stereocenters. The number of fused-ring (bicyclic) bond motifs is 1. The molecule has 1 aliphatic rings. The number of hydrogen-bond acceptors (Lipinski definition) is 6. The van der Waals surface area contributed by atoms with Crippen molar-refractivity contribution in [3.63, 3.8) is 0 Å². The van der Waals surface area contributed by atoms with Crippen LogP contribution in [0, 0.1) is 19.8 Å². The molecular weight excluding hydrogens is 422 g/mol. The number of rotatable bonds is 9. The fourth-order valence-electron chi connectivity index (χ4n) is 4.25. The van der Waals surface area contributed by atoms with E-state index in [-0.39, 0.29) is 24.9 Å². The highest BCUT2D eigenvalue weighted by atomic mass is 16.5. The summed E-state index contributed by atoms with van der Waals surface area (Å²) in [4.78, 5) is 26.7. The summed E-state index contributed by atoms with van der Waals surface area (Å²) in [6.07, 6.45) is 1.50. The number of esters is 1. The Labute approximate surface area is 195 Å². The van der Waals surface area contributed by atoms with Gasteiger partial charge in [-0.15, -0.1) is 0 Å². The quantitative estimate of drug-likeness (QED) is 0.538. The highest BCUT2D eigenvalue weighted by Gasteiger charge is 2.24. The van der Waals surface area contributed by atoms with Crippen LogP contribution in [0.3, 0.4) is 0 Å². The molecule has 8 heteroatoms. The topological polar surface area (TPSA) is 82.9 Å². The molecule has 1 amide bonds. The third-order valence-electron chi connectivity index (χ3n) is 6.08. The summed E-state index contributed by atoms with van der Waals surface area (Å²) in [5.41, 5.74) is 5.26. The molecule has 1 aromatic heterocycles.